The molecule has 0 aliphatic rings. The van der Waals surface area contributed by atoms with Gasteiger partial charge < -0.3 is 0 Å². The number of carbonyl (C=O) groups excluding carboxylic acids is 1. The van der Waals surface area contributed by atoms with Crippen molar-refractivity contribution in [3.05, 3.63) is 82.0 Å². The minimum absolute atomic E-state index is 0.146. The third-order valence-corrected chi connectivity index (χ3v) is 3.33. The Hall–Kier alpha value is -3.61. The van der Waals surface area contributed by atoms with Crippen LogP contribution in [0.25, 0.3) is 10.9 Å². The predicted octanol–water partition coefficient (Wildman–Crippen LogP) is 2.91. The molecule has 118 valence electrons. The van der Waals surface area contributed by atoms with E-state index in [0.717, 1.165) is 16.5 Å². The van der Waals surface area contributed by atoms with Crippen LogP contribution in [0.2, 0.25) is 0 Å². The van der Waals surface area contributed by atoms with E-state index in [4.69, 9.17) is 0 Å². The van der Waals surface area contributed by atoms with E-state index in [1.165, 1.54) is 30.5 Å². The SMILES string of the molecule is O=C(N/N=C\c1ccc2cccnc2c1)c1cccc([N+](=O)[O-])c1. The Bertz CT molecular complexity index is 953. The zero-order chi connectivity index (χ0) is 16.9. The number of non-ortho nitro benzene ring substituents is 1. The van der Waals surface area contributed by atoms with E-state index in [0.29, 0.717) is 0 Å². The fourth-order valence-electron chi connectivity index (χ4n) is 2.15. The molecular weight excluding hydrogens is 308 g/mol. The smallest absolute Gasteiger partial charge is 0.267 e. The molecule has 1 aromatic heterocycles. The van der Waals surface area contributed by atoms with Gasteiger partial charge in [0.1, 0.15) is 0 Å². The Balaban J connectivity index is 1.71. The zero-order valence-electron chi connectivity index (χ0n) is 12.4. The number of pyridine rings is 1. The Morgan fingerprint density at radius 1 is 1.17 bits per heavy atom. The van der Waals surface area contributed by atoms with Crippen molar-refractivity contribution in [2.75, 3.05) is 0 Å². The van der Waals surface area contributed by atoms with Crippen LogP contribution in [0.5, 0.6) is 0 Å². The first-order chi connectivity index (χ1) is 11.6. The van der Waals surface area contributed by atoms with Crippen LogP contribution in [0.3, 0.4) is 0 Å². The van der Waals surface area contributed by atoms with Crippen LogP contribution in [0, 0.1) is 10.1 Å². The highest BCUT2D eigenvalue weighted by Crippen LogP contribution is 2.13. The van der Waals surface area contributed by atoms with Gasteiger partial charge in [0.2, 0.25) is 0 Å². The molecule has 0 atom stereocenters. The van der Waals surface area contributed by atoms with Crippen molar-refractivity contribution in [3.63, 3.8) is 0 Å². The van der Waals surface area contributed by atoms with E-state index >= 15 is 0 Å². The lowest BCUT2D eigenvalue weighted by Crippen LogP contribution is -2.17. The monoisotopic (exact) mass is 320 g/mol. The van der Waals surface area contributed by atoms with Gasteiger partial charge in [0, 0.05) is 29.3 Å². The maximum atomic E-state index is 12.0. The lowest BCUT2D eigenvalue weighted by molar-refractivity contribution is -0.384. The first kappa shape index (κ1) is 15.3. The van der Waals surface area contributed by atoms with Crippen molar-refractivity contribution in [1.82, 2.24) is 10.4 Å². The van der Waals surface area contributed by atoms with Gasteiger partial charge in [0.15, 0.2) is 0 Å². The molecule has 7 heteroatoms. The predicted molar refractivity (Wildman–Crippen MR) is 89.9 cm³/mol. The first-order valence-corrected chi connectivity index (χ1v) is 7.06. The summed E-state index contributed by atoms with van der Waals surface area (Å²) in [5.41, 5.74) is 3.97. The van der Waals surface area contributed by atoms with Crippen LogP contribution in [0.15, 0.2) is 65.9 Å². The summed E-state index contributed by atoms with van der Waals surface area (Å²) in [4.78, 5) is 26.4. The highest BCUT2D eigenvalue weighted by atomic mass is 16.6. The van der Waals surface area contributed by atoms with Crippen LogP contribution < -0.4 is 5.43 Å². The van der Waals surface area contributed by atoms with Gasteiger partial charge in [-0.15, -0.1) is 0 Å². The second kappa shape index (κ2) is 6.66. The molecule has 1 heterocycles. The largest absolute Gasteiger partial charge is 0.271 e. The number of nitrogens with one attached hydrogen (secondary N) is 1. The van der Waals surface area contributed by atoms with Gasteiger partial charge in [-0.3, -0.25) is 19.9 Å². The number of benzene rings is 2. The molecular formula is C17H12N4O3. The second-order valence-corrected chi connectivity index (χ2v) is 4.96. The Morgan fingerprint density at radius 2 is 2.04 bits per heavy atom. The number of amides is 1. The Kier molecular flexibility index (Phi) is 4.24. The quantitative estimate of drug-likeness (QED) is 0.454. The van der Waals surface area contributed by atoms with Crippen LogP contribution >= 0.6 is 0 Å². The maximum Gasteiger partial charge on any atom is 0.271 e. The van der Waals surface area contributed by atoms with Crippen LogP contribution in [0.4, 0.5) is 5.69 Å². The Labute approximate surface area is 136 Å². The molecule has 1 amide bonds. The molecule has 1 N–H and O–H groups in total. The zero-order valence-corrected chi connectivity index (χ0v) is 12.4. The summed E-state index contributed by atoms with van der Waals surface area (Å²) in [6, 6.07) is 14.9. The van der Waals surface area contributed by atoms with Crippen molar-refractivity contribution < 1.29 is 9.72 Å². The fraction of sp³-hybridized carbons (Fsp3) is 0. The molecule has 3 rings (SSSR count). The summed E-state index contributed by atoms with van der Waals surface area (Å²) < 4.78 is 0. The van der Waals surface area contributed by atoms with Gasteiger partial charge in [0.05, 0.1) is 16.7 Å². The third-order valence-electron chi connectivity index (χ3n) is 3.33. The summed E-state index contributed by atoms with van der Waals surface area (Å²) >= 11 is 0. The van der Waals surface area contributed by atoms with Gasteiger partial charge in [-0.05, 0) is 23.8 Å². The summed E-state index contributed by atoms with van der Waals surface area (Å²) in [7, 11) is 0. The van der Waals surface area contributed by atoms with E-state index in [2.05, 4.69) is 15.5 Å². The molecule has 0 saturated carbocycles. The number of hydrogen-bond donors (Lipinski definition) is 1. The standard InChI is InChI=1S/C17H12N4O3/c22-17(14-3-1-5-15(10-14)21(23)24)20-19-11-12-6-7-13-4-2-8-18-16(13)9-12/h1-11H,(H,20,22)/b19-11-. The molecule has 0 fully saturated rings. The van der Waals surface area contributed by atoms with Gasteiger partial charge in [0.25, 0.3) is 11.6 Å². The highest BCUT2D eigenvalue weighted by molar-refractivity contribution is 5.95. The number of rotatable bonds is 4. The fourth-order valence-corrected chi connectivity index (χ4v) is 2.15. The molecule has 0 spiro atoms. The van der Waals surface area contributed by atoms with Crippen molar-refractivity contribution in [3.8, 4) is 0 Å². The third kappa shape index (κ3) is 3.41. The average molecular weight is 320 g/mol. The molecule has 0 aliphatic carbocycles. The second-order valence-electron chi connectivity index (χ2n) is 4.96. The first-order valence-electron chi connectivity index (χ1n) is 7.06. The van der Waals surface area contributed by atoms with Crippen molar-refractivity contribution in [1.29, 1.82) is 0 Å². The number of aromatic nitrogens is 1. The topological polar surface area (TPSA) is 97.5 Å². The molecule has 24 heavy (non-hydrogen) atoms. The number of hydrazone groups is 1. The molecule has 3 aromatic rings. The number of fused-ring (bicyclic) bond motifs is 1. The molecule has 0 aliphatic heterocycles. The minimum Gasteiger partial charge on any atom is -0.267 e. The molecule has 2 aromatic carbocycles. The summed E-state index contributed by atoms with van der Waals surface area (Å²) in [6.07, 6.45) is 3.19. The molecule has 0 saturated heterocycles. The van der Waals surface area contributed by atoms with Gasteiger partial charge >= 0.3 is 0 Å². The van der Waals surface area contributed by atoms with Gasteiger partial charge in [-0.1, -0.05) is 24.3 Å². The van der Waals surface area contributed by atoms with Gasteiger partial charge in [-0.2, -0.15) is 5.10 Å². The lowest BCUT2D eigenvalue weighted by Gasteiger charge is -2.00. The highest BCUT2D eigenvalue weighted by Gasteiger charge is 2.10. The van der Waals surface area contributed by atoms with Crippen LogP contribution in [-0.2, 0) is 0 Å². The van der Waals surface area contributed by atoms with E-state index in [1.54, 1.807) is 6.20 Å². The molecule has 0 bridgehead atoms. The molecule has 0 unspecified atom stereocenters. The maximum absolute atomic E-state index is 12.0. The van der Waals surface area contributed by atoms with Gasteiger partial charge in [-0.25, -0.2) is 5.43 Å². The number of nitrogens with zero attached hydrogens (tertiary/aromatic N) is 3. The summed E-state index contributed by atoms with van der Waals surface area (Å²) in [5, 5.41) is 15.6. The van der Waals surface area contributed by atoms with Crippen molar-refractivity contribution in [2.24, 2.45) is 5.10 Å². The Morgan fingerprint density at radius 3 is 2.88 bits per heavy atom. The molecule has 0 radical (unpaired) electrons. The molecule has 7 nitrogen and oxygen atoms in total. The number of carbonyl (C=O) groups is 1. The minimum atomic E-state index is -0.553. The lowest BCUT2D eigenvalue weighted by atomic mass is 10.1. The normalized spacial score (nSPS) is 10.8. The average Bonchev–Trinajstić information content (AvgIpc) is 2.61. The van der Waals surface area contributed by atoms with Crippen molar-refractivity contribution in [2.45, 2.75) is 0 Å². The van der Waals surface area contributed by atoms with E-state index in [-0.39, 0.29) is 11.3 Å². The number of nitro groups is 1. The van der Waals surface area contributed by atoms with E-state index in [9.17, 15) is 14.9 Å². The van der Waals surface area contributed by atoms with E-state index < -0.39 is 10.8 Å². The summed E-state index contributed by atoms with van der Waals surface area (Å²) in [5.74, 6) is -0.520. The number of nitro benzene ring substituents is 1. The summed E-state index contributed by atoms with van der Waals surface area (Å²) in [6.45, 7) is 0. The van der Waals surface area contributed by atoms with Crippen LogP contribution in [0.1, 0.15) is 15.9 Å². The van der Waals surface area contributed by atoms with Crippen molar-refractivity contribution >= 4 is 28.7 Å². The van der Waals surface area contributed by atoms with E-state index in [1.807, 2.05) is 30.3 Å². The van der Waals surface area contributed by atoms with Crippen LogP contribution in [-0.4, -0.2) is 22.0 Å². The number of hydrogen-bond acceptors (Lipinski definition) is 5.